The Morgan fingerprint density at radius 2 is 2.44 bits per heavy atom. The highest BCUT2D eigenvalue weighted by molar-refractivity contribution is 7.99. The molecule has 2 heterocycles. The van der Waals surface area contributed by atoms with E-state index in [2.05, 4.69) is 40.4 Å². The molecule has 0 spiro atoms. The number of hydrogen-bond acceptors (Lipinski definition) is 4. The fourth-order valence-electron chi connectivity index (χ4n) is 1.82. The van der Waals surface area contributed by atoms with Gasteiger partial charge in [0.25, 0.3) is 0 Å². The maximum Gasteiger partial charge on any atom is 0.127 e. The van der Waals surface area contributed by atoms with E-state index in [1.807, 2.05) is 12.3 Å². The molecule has 88 valence electrons. The summed E-state index contributed by atoms with van der Waals surface area (Å²) in [5, 5.41) is 6.71. The number of anilines is 2. The lowest BCUT2D eigenvalue weighted by Crippen LogP contribution is -2.13. The van der Waals surface area contributed by atoms with Gasteiger partial charge in [0.15, 0.2) is 0 Å². The highest BCUT2D eigenvalue weighted by Gasteiger charge is 2.14. The highest BCUT2D eigenvalue weighted by Crippen LogP contribution is 2.23. The van der Waals surface area contributed by atoms with Gasteiger partial charge in [0.1, 0.15) is 5.82 Å². The summed E-state index contributed by atoms with van der Waals surface area (Å²) in [4.78, 5) is 4.25. The summed E-state index contributed by atoms with van der Waals surface area (Å²) in [6.45, 7) is 4.08. The molecule has 1 unspecified atom stereocenters. The number of thioether (sulfide) groups is 1. The fourth-order valence-corrected chi connectivity index (χ4v) is 3.11. The van der Waals surface area contributed by atoms with Crippen molar-refractivity contribution in [1.29, 1.82) is 0 Å². The Labute approximate surface area is 101 Å². The zero-order valence-electron chi connectivity index (χ0n) is 9.70. The molecule has 0 saturated carbocycles. The van der Waals surface area contributed by atoms with Crippen LogP contribution in [0.5, 0.6) is 0 Å². The predicted octanol–water partition coefficient (Wildman–Crippen LogP) is 2.68. The molecule has 0 radical (unpaired) electrons. The number of rotatable bonds is 5. The molecule has 3 nitrogen and oxygen atoms in total. The van der Waals surface area contributed by atoms with Crippen molar-refractivity contribution in [2.24, 2.45) is 5.92 Å². The van der Waals surface area contributed by atoms with Crippen molar-refractivity contribution in [3.63, 3.8) is 0 Å². The molecular formula is C12H19N3S. The second kappa shape index (κ2) is 5.99. The van der Waals surface area contributed by atoms with Gasteiger partial charge in [-0.3, -0.25) is 0 Å². The van der Waals surface area contributed by atoms with Gasteiger partial charge in [-0.2, -0.15) is 11.8 Å². The van der Waals surface area contributed by atoms with Crippen LogP contribution in [0.15, 0.2) is 18.3 Å². The number of nitrogens with one attached hydrogen (secondary N) is 2. The zero-order chi connectivity index (χ0) is 11.2. The van der Waals surface area contributed by atoms with Crippen LogP contribution in [-0.2, 0) is 0 Å². The lowest BCUT2D eigenvalue weighted by Gasteiger charge is -2.12. The van der Waals surface area contributed by atoms with E-state index in [4.69, 9.17) is 0 Å². The summed E-state index contributed by atoms with van der Waals surface area (Å²) in [5.41, 5.74) is 1.17. The maximum atomic E-state index is 4.25. The lowest BCUT2D eigenvalue weighted by molar-refractivity contribution is 0.632. The van der Waals surface area contributed by atoms with Crippen molar-refractivity contribution in [1.82, 2.24) is 4.98 Å². The summed E-state index contributed by atoms with van der Waals surface area (Å²) in [6, 6.07) is 4.11. The van der Waals surface area contributed by atoms with E-state index in [9.17, 15) is 0 Å². The highest BCUT2D eigenvalue weighted by atomic mass is 32.2. The van der Waals surface area contributed by atoms with Crippen molar-refractivity contribution in [3.8, 4) is 0 Å². The van der Waals surface area contributed by atoms with Gasteiger partial charge in [-0.15, -0.1) is 0 Å². The van der Waals surface area contributed by atoms with E-state index in [0.717, 1.165) is 24.8 Å². The Kier molecular flexibility index (Phi) is 4.34. The van der Waals surface area contributed by atoms with Gasteiger partial charge in [0.05, 0.1) is 0 Å². The van der Waals surface area contributed by atoms with Crippen molar-refractivity contribution < 1.29 is 0 Å². The maximum absolute atomic E-state index is 4.25. The van der Waals surface area contributed by atoms with Crippen molar-refractivity contribution >= 4 is 23.3 Å². The molecule has 16 heavy (non-hydrogen) atoms. The fraction of sp³-hybridized carbons (Fsp3) is 0.583. The van der Waals surface area contributed by atoms with Gasteiger partial charge in [-0.05, 0) is 36.8 Å². The van der Waals surface area contributed by atoms with Crippen LogP contribution in [0.3, 0.4) is 0 Å². The minimum atomic E-state index is 0.834. The summed E-state index contributed by atoms with van der Waals surface area (Å²) in [7, 11) is 0. The minimum absolute atomic E-state index is 0.834. The van der Waals surface area contributed by atoms with Crippen LogP contribution in [0, 0.1) is 5.92 Å². The molecule has 1 aromatic heterocycles. The second-order valence-electron chi connectivity index (χ2n) is 4.07. The summed E-state index contributed by atoms with van der Waals surface area (Å²) >= 11 is 2.06. The van der Waals surface area contributed by atoms with E-state index >= 15 is 0 Å². The van der Waals surface area contributed by atoms with Gasteiger partial charge in [-0.1, -0.05) is 0 Å². The third kappa shape index (κ3) is 3.30. The molecule has 1 atom stereocenters. The first-order valence-corrected chi connectivity index (χ1v) is 7.05. The van der Waals surface area contributed by atoms with E-state index in [1.54, 1.807) is 0 Å². The predicted molar refractivity (Wildman–Crippen MR) is 72.3 cm³/mol. The largest absolute Gasteiger partial charge is 0.385 e. The van der Waals surface area contributed by atoms with Crippen LogP contribution in [0.1, 0.15) is 13.3 Å². The molecular weight excluding hydrogens is 218 g/mol. The van der Waals surface area contributed by atoms with Gasteiger partial charge in [-0.25, -0.2) is 4.98 Å². The second-order valence-corrected chi connectivity index (χ2v) is 5.22. The topological polar surface area (TPSA) is 37.0 Å². The third-order valence-electron chi connectivity index (χ3n) is 2.74. The summed E-state index contributed by atoms with van der Waals surface area (Å²) < 4.78 is 0. The SMILES string of the molecule is CCNc1cc(NCC2CCSC2)ccn1. The molecule has 0 amide bonds. The molecule has 0 bridgehead atoms. The summed E-state index contributed by atoms with van der Waals surface area (Å²) in [5.74, 6) is 4.41. The summed E-state index contributed by atoms with van der Waals surface area (Å²) in [6.07, 6.45) is 3.20. The molecule has 2 rings (SSSR count). The van der Waals surface area contributed by atoms with Crippen molar-refractivity contribution in [2.45, 2.75) is 13.3 Å². The molecule has 0 aliphatic carbocycles. The van der Waals surface area contributed by atoms with Gasteiger partial charge >= 0.3 is 0 Å². The van der Waals surface area contributed by atoms with E-state index in [-0.39, 0.29) is 0 Å². The number of hydrogen-bond donors (Lipinski definition) is 2. The molecule has 2 N–H and O–H groups in total. The van der Waals surface area contributed by atoms with E-state index < -0.39 is 0 Å². The first-order chi connectivity index (χ1) is 7.88. The Bertz CT molecular complexity index is 324. The monoisotopic (exact) mass is 237 g/mol. The molecule has 1 aromatic rings. The number of nitrogens with zero attached hydrogens (tertiary/aromatic N) is 1. The molecule has 0 aromatic carbocycles. The molecule has 1 aliphatic rings. The normalized spacial score (nSPS) is 19.7. The first-order valence-electron chi connectivity index (χ1n) is 5.90. The Morgan fingerprint density at radius 1 is 1.50 bits per heavy atom. The van der Waals surface area contributed by atoms with Crippen molar-refractivity contribution in [3.05, 3.63) is 18.3 Å². The first kappa shape index (κ1) is 11.6. The Morgan fingerprint density at radius 3 is 3.19 bits per heavy atom. The number of pyridine rings is 1. The lowest BCUT2D eigenvalue weighted by atomic mass is 10.1. The van der Waals surface area contributed by atoms with Gasteiger partial charge in [0, 0.05) is 31.0 Å². The van der Waals surface area contributed by atoms with E-state index in [0.29, 0.717) is 0 Å². The van der Waals surface area contributed by atoms with Crippen LogP contribution in [0.2, 0.25) is 0 Å². The van der Waals surface area contributed by atoms with Crippen LogP contribution >= 0.6 is 11.8 Å². The average Bonchev–Trinajstić information content (AvgIpc) is 2.80. The zero-order valence-corrected chi connectivity index (χ0v) is 10.5. The van der Waals surface area contributed by atoms with Crippen LogP contribution in [0.25, 0.3) is 0 Å². The smallest absolute Gasteiger partial charge is 0.127 e. The van der Waals surface area contributed by atoms with Crippen molar-refractivity contribution in [2.75, 3.05) is 35.2 Å². The van der Waals surface area contributed by atoms with Crippen LogP contribution < -0.4 is 10.6 Å². The molecule has 1 saturated heterocycles. The van der Waals surface area contributed by atoms with Gasteiger partial charge < -0.3 is 10.6 Å². The van der Waals surface area contributed by atoms with Crippen LogP contribution in [0.4, 0.5) is 11.5 Å². The third-order valence-corrected chi connectivity index (χ3v) is 3.97. The molecule has 4 heteroatoms. The Balaban J connectivity index is 1.85. The Hall–Kier alpha value is -0.900. The average molecular weight is 237 g/mol. The molecule has 1 aliphatic heterocycles. The van der Waals surface area contributed by atoms with Gasteiger partial charge in [0.2, 0.25) is 0 Å². The number of aromatic nitrogens is 1. The standard InChI is InChI=1S/C12H19N3S/c1-2-13-12-7-11(3-5-14-12)15-8-10-4-6-16-9-10/h3,5,7,10H,2,4,6,8-9H2,1H3,(H2,13,14,15). The quantitative estimate of drug-likeness (QED) is 0.825. The van der Waals surface area contributed by atoms with E-state index in [1.165, 1.54) is 23.6 Å². The van der Waals surface area contributed by atoms with Crippen LogP contribution in [-0.4, -0.2) is 29.6 Å². The molecule has 1 fully saturated rings. The minimum Gasteiger partial charge on any atom is -0.385 e.